The maximum atomic E-state index is 15.2. The lowest BCUT2D eigenvalue weighted by molar-refractivity contribution is -0.211. The Bertz CT molecular complexity index is 1610. The van der Waals surface area contributed by atoms with Crippen molar-refractivity contribution in [1.82, 2.24) is 10.1 Å². The van der Waals surface area contributed by atoms with Crippen LogP contribution >= 0.6 is 0 Å². The molecule has 4 aromatic rings. The Labute approximate surface area is 208 Å². The largest absolute Gasteiger partial charge is 0.495 e. The van der Waals surface area contributed by atoms with Gasteiger partial charge >= 0.3 is 6.18 Å². The number of anilines is 2. The van der Waals surface area contributed by atoms with Crippen molar-refractivity contribution in [2.24, 2.45) is 5.41 Å². The molecule has 37 heavy (non-hydrogen) atoms. The van der Waals surface area contributed by atoms with Gasteiger partial charge in [0.2, 0.25) is 5.56 Å². The number of rotatable bonds is 7. The number of hydrogen-bond donors (Lipinski definition) is 1. The number of hydrogen-bond acceptors (Lipinski definition) is 6. The van der Waals surface area contributed by atoms with E-state index in [2.05, 4.69) is 10.1 Å². The zero-order valence-electron chi connectivity index (χ0n) is 19.8. The normalized spacial score (nSPS) is 12.6. The van der Waals surface area contributed by atoms with E-state index in [0.29, 0.717) is 15.2 Å². The minimum Gasteiger partial charge on any atom is -0.495 e. The van der Waals surface area contributed by atoms with Crippen LogP contribution in [0.15, 0.2) is 69.0 Å². The van der Waals surface area contributed by atoms with Gasteiger partial charge in [0.15, 0.2) is 5.82 Å². The molecule has 0 aliphatic carbocycles. The van der Waals surface area contributed by atoms with Gasteiger partial charge in [-0.1, -0.05) is 19.0 Å². The van der Waals surface area contributed by atoms with Crippen LogP contribution in [-0.2, 0) is 16.4 Å². The van der Waals surface area contributed by atoms with E-state index in [0.717, 1.165) is 32.2 Å². The number of benzene rings is 2. The summed E-state index contributed by atoms with van der Waals surface area (Å²) in [5, 5.41) is 4.08. The standard InChI is InChI=1S/C24H21F4N3O5S/c1-23(2,24(26,27)28)13-15-11-20(35-3)19(12-17(15)25)31(21-8-9-36-30-21)37(33,34)16-5-6-18-14(10-16)4-7-22(32)29-18/h4-12H,13H2,1-3H3,(H,29,32). The molecule has 0 spiro atoms. The van der Waals surface area contributed by atoms with E-state index in [9.17, 15) is 26.4 Å². The lowest BCUT2D eigenvalue weighted by atomic mass is 9.84. The highest BCUT2D eigenvalue weighted by molar-refractivity contribution is 7.93. The first-order chi connectivity index (χ1) is 17.2. The summed E-state index contributed by atoms with van der Waals surface area (Å²) in [6.45, 7) is 1.87. The number of methoxy groups -OCH3 is 1. The topological polar surface area (TPSA) is 106 Å². The van der Waals surface area contributed by atoms with E-state index >= 15 is 4.39 Å². The van der Waals surface area contributed by atoms with Crippen LogP contribution in [0.3, 0.4) is 0 Å². The highest BCUT2D eigenvalue weighted by atomic mass is 32.2. The number of aromatic nitrogens is 2. The number of aromatic amines is 1. The van der Waals surface area contributed by atoms with Crippen molar-refractivity contribution in [3.8, 4) is 5.75 Å². The lowest BCUT2D eigenvalue weighted by Crippen LogP contribution is -2.34. The van der Waals surface area contributed by atoms with Crippen LogP contribution in [0.1, 0.15) is 19.4 Å². The summed E-state index contributed by atoms with van der Waals surface area (Å²) in [6, 6.07) is 9.63. The second kappa shape index (κ2) is 9.21. The molecular weight excluding hydrogens is 518 g/mol. The Kier molecular flexibility index (Phi) is 6.52. The third-order valence-corrected chi connectivity index (χ3v) is 7.55. The molecule has 0 amide bonds. The first-order valence-corrected chi connectivity index (χ1v) is 12.2. The molecule has 4 rings (SSSR count). The molecule has 0 saturated heterocycles. The molecule has 196 valence electrons. The van der Waals surface area contributed by atoms with Crippen molar-refractivity contribution >= 4 is 32.4 Å². The molecule has 8 nitrogen and oxygen atoms in total. The van der Waals surface area contributed by atoms with Gasteiger partial charge in [0.1, 0.15) is 23.5 Å². The van der Waals surface area contributed by atoms with Crippen molar-refractivity contribution in [1.29, 1.82) is 0 Å². The molecular formula is C24H21F4N3O5S. The van der Waals surface area contributed by atoms with E-state index in [4.69, 9.17) is 9.26 Å². The molecule has 0 fully saturated rings. The van der Waals surface area contributed by atoms with Crippen LogP contribution in [0.2, 0.25) is 0 Å². The fourth-order valence-electron chi connectivity index (χ4n) is 3.70. The molecule has 2 aromatic heterocycles. The van der Waals surface area contributed by atoms with Crippen LogP contribution in [0.5, 0.6) is 5.75 Å². The van der Waals surface area contributed by atoms with Gasteiger partial charge in [0, 0.05) is 23.7 Å². The van der Waals surface area contributed by atoms with E-state index in [1.807, 2.05) is 0 Å². The van der Waals surface area contributed by atoms with Crippen molar-refractivity contribution in [2.75, 3.05) is 11.4 Å². The van der Waals surface area contributed by atoms with Gasteiger partial charge in [-0.25, -0.2) is 17.1 Å². The molecule has 2 aromatic carbocycles. The Balaban J connectivity index is 1.88. The Hall–Kier alpha value is -3.87. The van der Waals surface area contributed by atoms with Gasteiger partial charge in [-0.2, -0.15) is 13.2 Å². The Morgan fingerprint density at radius 3 is 2.43 bits per heavy atom. The second-order valence-electron chi connectivity index (χ2n) is 8.87. The molecule has 0 unspecified atom stereocenters. The van der Waals surface area contributed by atoms with E-state index in [1.54, 1.807) is 0 Å². The summed E-state index contributed by atoms with van der Waals surface area (Å²) >= 11 is 0. The third-order valence-electron chi connectivity index (χ3n) is 5.83. The van der Waals surface area contributed by atoms with Crippen LogP contribution in [-0.4, -0.2) is 31.8 Å². The minimum absolute atomic E-state index is 0.203. The smallest absolute Gasteiger partial charge is 0.394 e. The van der Waals surface area contributed by atoms with Crippen LogP contribution < -0.4 is 14.6 Å². The SMILES string of the molecule is COc1cc(CC(C)(C)C(F)(F)F)c(F)cc1N(c1ccon1)S(=O)(=O)c1ccc2[nH]c(=O)ccc2c1. The summed E-state index contributed by atoms with van der Waals surface area (Å²) < 4.78 is 93.9. The Morgan fingerprint density at radius 2 is 1.81 bits per heavy atom. The predicted molar refractivity (Wildman–Crippen MR) is 127 cm³/mol. The van der Waals surface area contributed by atoms with Gasteiger partial charge in [-0.15, -0.1) is 0 Å². The number of sulfonamides is 1. The van der Waals surface area contributed by atoms with E-state index in [1.165, 1.54) is 43.5 Å². The summed E-state index contributed by atoms with van der Waals surface area (Å²) in [5.41, 5.74) is -2.88. The summed E-state index contributed by atoms with van der Waals surface area (Å²) in [5.74, 6) is -1.51. The molecule has 0 radical (unpaired) electrons. The maximum absolute atomic E-state index is 15.2. The summed E-state index contributed by atoms with van der Waals surface area (Å²) in [4.78, 5) is 13.9. The lowest BCUT2D eigenvalue weighted by Gasteiger charge is -2.29. The average Bonchev–Trinajstić information content (AvgIpc) is 3.33. The first kappa shape index (κ1) is 26.2. The number of nitrogens with zero attached hydrogens (tertiary/aromatic N) is 2. The number of halogens is 4. The molecule has 2 heterocycles. The number of H-pyrrole nitrogens is 1. The van der Waals surface area contributed by atoms with Crippen molar-refractivity contribution in [3.05, 3.63) is 76.5 Å². The highest BCUT2D eigenvalue weighted by Crippen LogP contribution is 2.44. The van der Waals surface area contributed by atoms with Gasteiger partial charge < -0.3 is 14.2 Å². The molecule has 0 aliphatic rings. The van der Waals surface area contributed by atoms with Gasteiger partial charge in [-0.05, 0) is 47.7 Å². The molecule has 0 bridgehead atoms. The molecule has 1 N–H and O–H groups in total. The number of nitrogens with one attached hydrogen (secondary N) is 1. The number of pyridine rings is 1. The minimum atomic E-state index is -4.61. The van der Waals surface area contributed by atoms with Crippen molar-refractivity contribution in [3.63, 3.8) is 0 Å². The van der Waals surface area contributed by atoms with Gasteiger partial charge in [0.05, 0.1) is 17.4 Å². The third kappa shape index (κ3) is 4.90. The van der Waals surface area contributed by atoms with E-state index in [-0.39, 0.29) is 33.3 Å². The molecule has 0 saturated carbocycles. The van der Waals surface area contributed by atoms with Crippen molar-refractivity contribution in [2.45, 2.75) is 31.3 Å². The second-order valence-corrected chi connectivity index (χ2v) is 10.7. The van der Waals surface area contributed by atoms with E-state index < -0.39 is 33.9 Å². The van der Waals surface area contributed by atoms with Crippen LogP contribution in [0.4, 0.5) is 29.1 Å². The zero-order valence-corrected chi connectivity index (χ0v) is 20.6. The van der Waals surface area contributed by atoms with Gasteiger partial charge in [0.25, 0.3) is 10.0 Å². The average molecular weight is 540 g/mol. The molecule has 0 aliphatic heterocycles. The Morgan fingerprint density at radius 1 is 1.08 bits per heavy atom. The maximum Gasteiger partial charge on any atom is 0.394 e. The fraction of sp³-hybridized carbons (Fsp3) is 0.250. The fourth-order valence-corrected chi connectivity index (χ4v) is 5.17. The number of alkyl halides is 3. The highest BCUT2D eigenvalue weighted by Gasteiger charge is 2.47. The number of ether oxygens (including phenoxy) is 1. The molecule has 13 heteroatoms. The quantitative estimate of drug-likeness (QED) is 0.319. The number of fused-ring (bicyclic) bond motifs is 1. The first-order valence-electron chi connectivity index (χ1n) is 10.8. The van der Waals surface area contributed by atoms with Crippen LogP contribution in [0, 0.1) is 11.2 Å². The van der Waals surface area contributed by atoms with Crippen LogP contribution in [0.25, 0.3) is 10.9 Å². The predicted octanol–water partition coefficient (Wildman–Crippen LogP) is 5.32. The van der Waals surface area contributed by atoms with Gasteiger partial charge in [-0.3, -0.25) is 4.79 Å². The monoisotopic (exact) mass is 539 g/mol. The van der Waals surface area contributed by atoms with Crippen molar-refractivity contribution < 1.29 is 35.2 Å². The zero-order chi connectivity index (χ0) is 27.2. The summed E-state index contributed by atoms with van der Waals surface area (Å²) in [6.07, 6.45) is -4.22. The molecule has 0 atom stereocenters. The summed E-state index contributed by atoms with van der Waals surface area (Å²) in [7, 11) is -3.33.